The summed E-state index contributed by atoms with van der Waals surface area (Å²) < 4.78 is 0. The molecule has 1 heterocycles. The second kappa shape index (κ2) is 6.00. The first-order valence-corrected chi connectivity index (χ1v) is 6.26. The highest BCUT2D eigenvalue weighted by atomic mass is 16.2. The molecule has 0 aliphatic heterocycles. The van der Waals surface area contributed by atoms with Crippen LogP contribution in [-0.2, 0) is 0 Å². The van der Waals surface area contributed by atoms with Gasteiger partial charge in [0.2, 0.25) is 0 Å². The third-order valence-corrected chi connectivity index (χ3v) is 2.84. The summed E-state index contributed by atoms with van der Waals surface area (Å²) in [5.74, 6) is -0.134. The molecule has 98 valence electrons. The van der Waals surface area contributed by atoms with E-state index < -0.39 is 0 Å². The lowest BCUT2D eigenvalue weighted by atomic mass is 10.2. The molecule has 0 atom stereocenters. The van der Waals surface area contributed by atoms with E-state index in [1.165, 1.54) is 5.56 Å². The highest BCUT2D eigenvalue weighted by molar-refractivity contribution is 5.94. The molecule has 0 aliphatic rings. The van der Waals surface area contributed by atoms with Crippen LogP contribution in [-0.4, -0.2) is 17.4 Å². The Morgan fingerprint density at radius 2 is 1.79 bits per heavy atom. The zero-order chi connectivity index (χ0) is 13.7. The normalized spacial score (nSPS) is 10.0. The molecular weight excluding hydrogens is 238 g/mol. The minimum atomic E-state index is -0.134. The Kier molecular flexibility index (Phi) is 4.13. The number of hydrazine groups is 1. The van der Waals surface area contributed by atoms with Gasteiger partial charge >= 0.3 is 0 Å². The Bertz CT molecular complexity index is 537. The van der Waals surface area contributed by atoms with E-state index in [1.807, 2.05) is 43.1 Å². The van der Waals surface area contributed by atoms with Gasteiger partial charge < -0.3 is 0 Å². The van der Waals surface area contributed by atoms with Crippen LogP contribution in [0.1, 0.15) is 22.8 Å². The van der Waals surface area contributed by atoms with Gasteiger partial charge in [0.05, 0.1) is 5.69 Å². The van der Waals surface area contributed by atoms with Crippen LogP contribution in [0.5, 0.6) is 0 Å². The summed E-state index contributed by atoms with van der Waals surface area (Å²) in [6.07, 6.45) is 3.22. The molecule has 1 aromatic carbocycles. The van der Waals surface area contributed by atoms with Crippen molar-refractivity contribution < 1.29 is 4.79 Å². The zero-order valence-corrected chi connectivity index (χ0v) is 11.1. The van der Waals surface area contributed by atoms with Crippen molar-refractivity contribution in [1.29, 1.82) is 0 Å². The van der Waals surface area contributed by atoms with Crippen molar-refractivity contribution in [1.82, 2.24) is 10.4 Å². The molecule has 4 nitrogen and oxygen atoms in total. The summed E-state index contributed by atoms with van der Waals surface area (Å²) in [5.41, 5.74) is 5.65. The lowest BCUT2D eigenvalue weighted by Gasteiger charge is -2.23. The summed E-state index contributed by atoms with van der Waals surface area (Å²) in [4.78, 5) is 16.0. The Morgan fingerprint density at radius 3 is 2.37 bits per heavy atom. The van der Waals surface area contributed by atoms with E-state index in [2.05, 4.69) is 10.4 Å². The van der Waals surface area contributed by atoms with Gasteiger partial charge in [0.15, 0.2) is 0 Å². The number of benzene rings is 1. The molecule has 1 N–H and O–H groups in total. The maximum Gasteiger partial charge on any atom is 0.269 e. The molecule has 0 fully saturated rings. The van der Waals surface area contributed by atoms with Gasteiger partial charge in [-0.15, -0.1) is 0 Å². The van der Waals surface area contributed by atoms with Gasteiger partial charge in [0, 0.05) is 24.5 Å². The first-order chi connectivity index (χ1) is 9.20. The van der Waals surface area contributed by atoms with Crippen LogP contribution >= 0.6 is 0 Å². The molecule has 0 radical (unpaired) electrons. The Labute approximate surface area is 113 Å². The molecule has 0 bridgehead atoms. The Hall–Kier alpha value is -2.36. The average Bonchev–Trinajstić information content (AvgIpc) is 2.46. The van der Waals surface area contributed by atoms with Crippen LogP contribution in [0.25, 0.3) is 0 Å². The van der Waals surface area contributed by atoms with Crippen molar-refractivity contribution in [2.24, 2.45) is 0 Å². The highest BCUT2D eigenvalue weighted by Crippen LogP contribution is 2.13. The fraction of sp³-hybridized carbons (Fsp3) is 0.200. The Morgan fingerprint density at radius 1 is 1.16 bits per heavy atom. The lowest BCUT2D eigenvalue weighted by molar-refractivity contribution is 0.0949. The number of pyridine rings is 1. The first kappa shape index (κ1) is 13.1. The predicted octanol–water partition coefficient (Wildman–Crippen LogP) is 2.56. The second-order valence-corrected chi connectivity index (χ2v) is 4.26. The monoisotopic (exact) mass is 255 g/mol. The molecule has 0 spiro atoms. The molecule has 0 saturated heterocycles. The summed E-state index contributed by atoms with van der Waals surface area (Å²) in [7, 11) is 0. The largest absolute Gasteiger partial charge is 0.286 e. The van der Waals surface area contributed by atoms with Crippen molar-refractivity contribution in [3.63, 3.8) is 0 Å². The van der Waals surface area contributed by atoms with Crippen molar-refractivity contribution in [2.45, 2.75) is 13.8 Å². The highest BCUT2D eigenvalue weighted by Gasteiger charge is 2.10. The van der Waals surface area contributed by atoms with Crippen molar-refractivity contribution in [2.75, 3.05) is 11.6 Å². The smallest absolute Gasteiger partial charge is 0.269 e. The number of hydrogen-bond acceptors (Lipinski definition) is 3. The van der Waals surface area contributed by atoms with Crippen LogP contribution in [0, 0.1) is 6.92 Å². The quantitative estimate of drug-likeness (QED) is 0.854. The molecule has 0 unspecified atom stereocenters. The van der Waals surface area contributed by atoms with Crippen molar-refractivity contribution in [3.8, 4) is 0 Å². The fourth-order valence-electron chi connectivity index (χ4n) is 1.74. The summed E-state index contributed by atoms with van der Waals surface area (Å²) in [6, 6.07) is 11.4. The second-order valence-electron chi connectivity index (χ2n) is 4.26. The summed E-state index contributed by atoms with van der Waals surface area (Å²) in [6.45, 7) is 4.72. The number of nitrogens with one attached hydrogen (secondary N) is 1. The molecule has 19 heavy (non-hydrogen) atoms. The number of anilines is 1. The van der Waals surface area contributed by atoms with E-state index >= 15 is 0 Å². The number of aromatic nitrogens is 1. The molecule has 1 amide bonds. The summed E-state index contributed by atoms with van der Waals surface area (Å²) >= 11 is 0. The van der Waals surface area contributed by atoms with Crippen LogP contribution in [0.4, 0.5) is 5.69 Å². The molecular formula is C15H17N3O. The summed E-state index contributed by atoms with van der Waals surface area (Å²) in [5, 5.41) is 1.82. The van der Waals surface area contributed by atoms with Crippen molar-refractivity contribution >= 4 is 11.6 Å². The number of nitrogens with zero attached hydrogens (tertiary/aromatic N) is 2. The molecule has 2 aromatic rings. The third kappa shape index (κ3) is 3.31. The number of aryl methyl sites for hydroxylation is 1. The van der Waals surface area contributed by atoms with E-state index in [0.29, 0.717) is 12.1 Å². The fourth-order valence-corrected chi connectivity index (χ4v) is 1.74. The number of hydrogen-bond donors (Lipinski definition) is 1. The molecule has 1 aromatic heterocycles. The minimum absolute atomic E-state index is 0.134. The van der Waals surface area contributed by atoms with Crippen LogP contribution in [0.3, 0.4) is 0 Å². The lowest BCUT2D eigenvalue weighted by Crippen LogP contribution is -2.42. The maximum atomic E-state index is 12.1. The van der Waals surface area contributed by atoms with Crippen LogP contribution < -0.4 is 10.4 Å². The SMILES string of the molecule is CCN(NC(=O)c1ccncc1)c1ccc(C)cc1. The van der Waals surface area contributed by atoms with E-state index in [9.17, 15) is 4.79 Å². The van der Waals surface area contributed by atoms with E-state index in [4.69, 9.17) is 0 Å². The topological polar surface area (TPSA) is 45.2 Å². The van der Waals surface area contributed by atoms with Gasteiger partial charge in [0.1, 0.15) is 0 Å². The standard InChI is InChI=1S/C15H17N3O/c1-3-18(14-6-4-12(2)5-7-14)17-15(19)13-8-10-16-11-9-13/h4-11H,3H2,1-2H3,(H,17,19). The zero-order valence-electron chi connectivity index (χ0n) is 11.1. The number of carbonyl (C=O) groups excluding carboxylic acids is 1. The van der Waals surface area contributed by atoms with Gasteiger partial charge in [-0.05, 0) is 38.1 Å². The number of rotatable bonds is 4. The van der Waals surface area contributed by atoms with Crippen molar-refractivity contribution in [3.05, 3.63) is 59.9 Å². The van der Waals surface area contributed by atoms with E-state index in [0.717, 1.165) is 5.69 Å². The van der Waals surface area contributed by atoms with Gasteiger partial charge in [-0.3, -0.25) is 20.2 Å². The van der Waals surface area contributed by atoms with Gasteiger partial charge in [-0.2, -0.15) is 0 Å². The van der Waals surface area contributed by atoms with Gasteiger partial charge in [-0.25, -0.2) is 0 Å². The van der Waals surface area contributed by atoms with E-state index in [1.54, 1.807) is 24.5 Å². The predicted molar refractivity (Wildman–Crippen MR) is 75.9 cm³/mol. The molecule has 2 rings (SSSR count). The number of carbonyl (C=O) groups is 1. The average molecular weight is 255 g/mol. The third-order valence-electron chi connectivity index (χ3n) is 2.84. The molecule has 4 heteroatoms. The molecule has 0 aliphatic carbocycles. The first-order valence-electron chi connectivity index (χ1n) is 6.26. The van der Waals surface area contributed by atoms with E-state index in [-0.39, 0.29) is 5.91 Å². The van der Waals surface area contributed by atoms with Crippen LogP contribution in [0.15, 0.2) is 48.8 Å². The van der Waals surface area contributed by atoms with Gasteiger partial charge in [-0.1, -0.05) is 17.7 Å². The maximum absolute atomic E-state index is 12.1. The van der Waals surface area contributed by atoms with Crippen LogP contribution in [0.2, 0.25) is 0 Å². The number of amides is 1. The minimum Gasteiger partial charge on any atom is -0.286 e. The van der Waals surface area contributed by atoms with Gasteiger partial charge in [0.25, 0.3) is 5.91 Å². The molecule has 0 saturated carbocycles. The Balaban J connectivity index is 2.11.